The Bertz CT molecular complexity index is 1130. The van der Waals surface area contributed by atoms with E-state index >= 15 is 0 Å². The Hall–Kier alpha value is -3.74. The largest absolute Gasteiger partial charge is 0.328 e. The quantitative estimate of drug-likeness (QED) is 0.585. The molecule has 144 valence electrons. The van der Waals surface area contributed by atoms with Gasteiger partial charge in [0.25, 0.3) is 0 Å². The molecule has 1 amide bonds. The van der Waals surface area contributed by atoms with Gasteiger partial charge in [-0.25, -0.2) is 9.67 Å². The molecule has 2 aromatic carbocycles. The van der Waals surface area contributed by atoms with Crippen molar-refractivity contribution < 1.29 is 4.79 Å². The molecule has 4 aromatic rings. The Morgan fingerprint density at radius 2 is 2.00 bits per heavy atom. The molecule has 1 aliphatic heterocycles. The van der Waals surface area contributed by atoms with E-state index in [0.717, 1.165) is 41.4 Å². The summed E-state index contributed by atoms with van der Waals surface area (Å²) in [5.74, 6) is 0.937. The van der Waals surface area contributed by atoms with Crippen LogP contribution in [0, 0.1) is 5.92 Å². The third-order valence-corrected chi connectivity index (χ3v) is 5.30. The van der Waals surface area contributed by atoms with E-state index in [1.807, 2.05) is 48.7 Å². The predicted octanol–water partition coefficient (Wildman–Crippen LogP) is 3.33. The van der Waals surface area contributed by atoms with E-state index in [4.69, 9.17) is 0 Å². The van der Waals surface area contributed by atoms with Gasteiger partial charge in [-0.3, -0.25) is 4.79 Å². The topological polar surface area (TPSA) is 77.6 Å². The van der Waals surface area contributed by atoms with E-state index in [-0.39, 0.29) is 11.8 Å². The fraction of sp³-hybridized carbons (Fsp3) is 0.182. The summed E-state index contributed by atoms with van der Waals surface area (Å²) in [5, 5.41) is 10.9. The van der Waals surface area contributed by atoms with Crippen molar-refractivity contribution >= 4 is 11.6 Å². The number of nitrogens with one attached hydrogen (secondary N) is 1. The number of carbonyl (C=O) groups is 1. The molecular formula is C22H20N6O. The number of nitrogens with zero attached hydrogens (tertiary/aromatic N) is 5. The summed E-state index contributed by atoms with van der Waals surface area (Å²) in [5.41, 5.74) is 3.82. The van der Waals surface area contributed by atoms with Crippen LogP contribution in [-0.4, -0.2) is 30.5 Å². The highest BCUT2D eigenvalue weighted by atomic mass is 16.1. The molecule has 5 rings (SSSR count). The first-order valence-corrected chi connectivity index (χ1v) is 9.65. The number of benzene rings is 2. The third kappa shape index (κ3) is 3.42. The highest BCUT2D eigenvalue weighted by molar-refractivity contribution is 5.93. The molecular weight excluding hydrogens is 364 g/mol. The number of amides is 1. The van der Waals surface area contributed by atoms with Crippen LogP contribution < -0.4 is 5.32 Å². The van der Waals surface area contributed by atoms with Gasteiger partial charge >= 0.3 is 0 Å². The molecule has 1 N–H and O–H groups in total. The molecule has 0 saturated carbocycles. The van der Waals surface area contributed by atoms with Crippen LogP contribution in [0.1, 0.15) is 12.1 Å². The van der Waals surface area contributed by atoms with Gasteiger partial charge in [0, 0.05) is 42.0 Å². The van der Waals surface area contributed by atoms with Crippen LogP contribution in [0.3, 0.4) is 0 Å². The normalized spacial score (nSPS) is 15.7. The summed E-state index contributed by atoms with van der Waals surface area (Å²) in [6.45, 7) is 0.788. The molecule has 2 aromatic heterocycles. The van der Waals surface area contributed by atoms with Crippen molar-refractivity contribution in [1.82, 2.24) is 24.5 Å². The fourth-order valence-corrected chi connectivity index (χ4v) is 3.82. The van der Waals surface area contributed by atoms with Crippen molar-refractivity contribution in [3.63, 3.8) is 0 Å². The van der Waals surface area contributed by atoms with E-state index in [0.29, 0.717) is 6.42 Å². The number of carbonyl (C=O) groups excluding carboxylic acids is 1. The first-order valence-electron chi connectivity index (χ1n) is 9.65. The standard InChI is InChI=1S/C22H20N6O/c29-22(25-18-7-4-8-19(14-18)28-12-10-24-26-28)17-9-11-27-20(13-17)15-23-21(27)16-5-2-1-3-6-16/h1-8,10,12,14-15,17H,9,11,13H2,(H,25,29)/t17-/m1/s1. The van der Waals surface area contributed by atoms with Gasteiger partial charge in [-0.1, -0.05) is 41.6 Å². The molecule has 3 heterocycles. The van der Waals surface area contributed by atoms with Crippen LogP contribution in [0.15, 0.2) is 73.2 Å². The zero-order valence-electron chi connectivity index (χ0n) is 15.8. The van der Waals surface area contributed by atoms with E-state index in [1.54, 1.807) is 17.1 Å². The summed E-state index contributed by atoms with van der Waals surface area (Å²) in [7, 11) is 0. The number of hydrogen-bond donors (Lipinski definition) is 1. The number of rotatable bonds is 4. The molecule has 29 heavy (non-hydrogen) atoms. The molecule has 0 unspecified atom stereocenters. The average Bonchev–Trinajstić information content (AvgIpc) is 3.44. The fourth-order valence-electron chi connectivity index (χ4n) is 3.82. The summed E-state index contributed by atoms with van der Waals surface area (Å²) >= 11 is 0. The van der Waals surface area contributed by atoms with Crippen LogP contribution in [0.4, 0.5) is 5.69 Å². The Kier molecular flexibility index (Phi) is 4.40. The van der Waals surface area contributed by atoms with Crippen LogP contribution in [0.2, 0.25) is 0 Å². The van der Waals surface area contributed by atoms with Crippen molar-refractivity contribution in [3.8, 4) is 17.1 Å². The lowest BCUT2D eigenvalue weighted by Crippen LogP contribution is -2.30. The lowest BCUT2D eigenvalue weighted by atomic mass is 9.95. The molecule has 1 aliphatic rings. The number of hydrogen-bond acceptors (Lipinski definition) is 4. The highest BCUT2D eigenvalue weighted by Gasteiger charge is 2.27. The molecule has 0 aliphatic carbocycles. The zero-order chi connectivity index (χ0) is 19.6. The summed E-state index contributed by atoms with van der Waals surface area (Å²) in [6, 6.07) is 17.8. The van der Waals surface area contributed by atoms with E-state index < -0.39 is 0 Å². The second-order valence-corrected chi connectivity index (χ2v) is 7.17. The molecule has 7 heteroatoms. The number of anilines is 1. The van der Waals surface area contributed by atoms with Gasteiger partial charge in [0.15, 0.2) is 0 Å². The smallest absolute Gasteiger partial charge is 0.227 e. The van der Waals surface area contributed by atoms with Crippen LogP contribution in [0.5, 0.6) is 0 Å². The Morgan fingerprint density at radius 1 is 1.10 bits per heavy atom. The van der Waals surface area contributed by atoms with Crippen molar-refractivity contribution in [2.45, 2.75) is 19.4 Å². The van der Waals surface area contributed by atoms with E-state index in [9.17, 15) is 4.79 Å². The maximum atomic E-state index is 12.9. The Labute approximate surface area is 168 Å². The Balaban J connectivity index is 1.31. The first-order chi connectivity index (χ1) is 14.3. The zero-order valence-corrected chi connectivity index (χ0v) is 15.8. The lowest BCUT2D eigenvalue weighted by molar-refractivity contribution is -0.120. The molecule has 0 spiro atoms. The van der Waals surface area contributed by atoms with Crippen LogP contribution in [-0.2, 0) is 17.8 Å². The number of imidazole rings is 1. The second-order valence-electron chi connectivity index (χ2n) is 7.17. The monoisotopic (exact) mass is 384 g/mol. The third-order valence-electron chi connectivity index (χ3n) is 5.30. The van der Waals surface area contributed by atoms with Crippen molar-refractivity contribution in [2.75, 3.05) is 5.32 Å². The molecule has 0 bridgehead atoms. The second kappa shape index (κ2) is 7.35. The summed E-state index contributed by atoms with van der Waals surface area (Å²) in [4.78, 5) is 17.5. The summed E-state index contributed by atoms with van der Waals surface area (Å²) < 4.78 is 3.89. The van der Waals surface area contributed by atoms with Gasteiger partial charge < -0.3 is 9.88 Å². The van der Waals surface area contributed by atoms with Crippen LogP contribution >= 0.6 is 0 Å². The van der Waals surface area contributed by atoms with Gasteiger partial charge in [0.2, 0.25) is 5.91 Å². The first kappa shape index (κ1) is 17.4. The molecule has 7 nitrogen and oxygen atoms in total. The van der Waals surface area contributed by atoms with Crippen LogP contribution in [0.25, 0.3) is 17.1 Å². The van der Waals surface area contributed by atoms with Gasteiger partial charge in [-0.15, -0.1) is 5.10 Å². The Morgan fingerprint density at radius 3 is 2.83 bits per heavy atom. The van der Waals surface area contributed by atoms with E-state index in [1.165, 1.54) is 0 Å². The molecule has 0 radical (unpaired) electrons. The summed E-state index contributed by atoms with van der Waals surface area (Å²) in [6.07, 6.45) is 6.77. The van der Waals surface area contributed by atoms with Crippen molar-refractivity contribution in [1.29, 1.82) is 0 Å². The maximum Gasteiger partial charge on any atom is 0.227 e. The predicted molar refractivity (Wildman–Crippen MR) is 109 cm³/mol. The van der Waals surface area contributed by atoms with Crippen molar-refractivity contribution in [2.24, 2.45) is 5.92 Å². The van der Waals surface area contributed by atoms with Crippen molar-refractivity contribution in [3.05, 3.63) is 78.9 Å². The number of fused-ring (bicyclic) bond motifs is 1. The maximum absolute atomic E-state index is 12.9. The minimum absolute atomic E-state index is 0.0365. The highest BCUT2D eigenvalue weighted by Crippen LogP contribution is 2.28. The number of aromatic nitrogens is 5. The molecule has 1 atom stereocenters. The van der Waals surface area contributed by atoms with Gasteiger partial charge in [-0.2, -0.15) is 0 Å². The minimum atomic E-state index is -0.0714. The van der Waals surface area contributed by atoms with Gasteiger partial charge in [0.1, 0.15) is 5.82 Å². The SMILES string of the molecule is O=C(Nc1cccc(-n2ccnn2)c1)[C@@H]1CCn2c(cnc2-c2ccccc2)C1. The van der Waals surface area contributed by atoms with Gasteiger partial charge in [-0.05, 0) is 24.6 Å². The minimum Gasteiger partial charge on any atom is -0.328 e. The average molecular weight is 384 g/mol. The lowest BCUT2D eigenvalue weighted by Gasteiger charge is -2.24. The van der Waals surface area contributed by atoms with E-state index in [2.05, 4.69) is 37.3 Å². The van der Waals surface area contributed by atoms with Gasteiger partial charge in [0.05, 0.1) is 18.1 Å². The molecule has 0 fully saturated rings. The molecule has 0 saturated heterocycles.